The number of carbonyl (C=O) groups is 1. The first kappa shape index (κ1) is 14.2. The van der Waals surface area contributed by atoms with Gasteiger partial charge in [-0.05, 0) is 53.5 Å². The van der Waals surface area contributed by atoms with Crippen LogP contribution >= 0.6 is 27.5 Å². The second kappa shape index (κ2) is 5.20. The summed E-state index contributed by atoms with van der Waals surface area (Å²) in [6.07, 6.45) is 1.57. The smallest absolute Gasteiger partial charge is 0.329 e. The second-order valence-corrected chi connectivity index (χ2v) is 6.83. The topological polar surface area (TPSA) is 52.6 Å². The van der Waals surface area contributed by atoms with Crippen LogP contribution in [0.1, 0.15) is 12.8 Å². The largest absolute Gasteiger partial charge is 0.479 e. The highest BCUT2D eigenvalue weighted by molar-refractivity contribution is 9.10. The number of benzene rings is 1. The Hall–Kier alpha value is -0.780. The van der Waals surface area contributed by atoms with E-state index in [0.717, 1.165) is 36.2 Å². The van der Waals surface area contributed by atoms with Crippen molar-refractivity contribution in [2.24, 2.45) is 5.92 Å². The lowest BCUT2D eigenvalue weighted by atomic mass is 9.78. The molecule has 2 aliphatic rings. The van der Waals surface area contributed by atoms with Crippen LogP contribution < -0.4 is 5.32 Å². The van der Waals surface area contributed by atoms with Crippen LogP contribution in [0.25, 0.3) is 0 Å². The molecule has 108 valence electrons. The van der Waals surface area contributed by atoms with Crippen molar-refractivity contribution in [3.05, 3.63) is 27.7 Å². The molecule has 0 aliphatic carbocycles. The summed E-state index contributed by atoms with van der Waals surface area (Å²) < 4.78 is 0.772. The van der Waals surface area contributed by atoms with Crippen molar-refractivity contribution in [2.75, 3.05) is 25.0 Å². The van der Waals surface area contributed by atoms with Gasteiger partial charge in [-0.15, -0.1) is 0 Å². The maximum Gasteiger partial charge on any atom is 0.329 e. The number of anilines is 1. The first-order valence-corrected chi connectivity index (χ1v) is 7.87. The quantitative estimate of drug-likeness (QED) is 0.871. The Balaban J connectivity index is 1.91. The molecule has 2 fully saturated rings. The Morgan fingerprint density at radius 3 is 3.00 bits per heavy atom. The molecule has 2 saturated heterocycles. The minimum Gasteiger partial charge on any atom is -0.479 e. The molecule has 2 N–H and O–H groups in total. The number of nitrogens with one attached hydrogen (secondary N) is 1. The average molecular weight is 360 g/mol. The van der Waals surface area contributed by atoms with Crippen molar-refractivity contribution >= 4 is 39.2 Å². The van der Waals surface area contributed by atoms with Gasteiger partial charge in [-0.25, -0.2) is 4.79 Å². The predicted octanol–water partition coefficient (Wildman–Crippen LogP) is 3.06. The van der Waals surface area contributed by atoms with Crippen molar-refractivity contribution in [1.82, 2.24) is 4.90 Å². The second-order valence-electron chi connectivity index (χ2n) is 5.57. The van der Waals surface area contributed by atoms with Crippen LogP contribution in [-0.4, -0.2) is 41.1 Å². The molecule has 3 unspecified atom stereocenters. The normalized spacial score (nSPS) is 32.1. The van der Waals surface area contributed by atoms with Crippen LogP contribution in [0.4, 0.5) is 5.69 Å². The van der Waals surface area contributed by atoms with E-state index >= 15 is 0 Å². The van der Waals surface area contributed by atoms with E-state index in [0.29, 0.717) is 11.4 Å². The molecule has 2 aliphatic heterocycles. The highest BCUT2D eigenvalue weighted by Gasteiger charge is 2.51. The molecule has 1 aromatic carbocycles. The number of fused-ring (bicyclic) bond motifs is 2. The third kappa shape index (κ3) is 2.32. The summed E-state index contributed by atoms with van der Waals surface area (Å²) in [5.74, 6) is -0.599. The monoisotopic (exact) mass is 358 g/mol. The Bertz CT molecular complexity index is 554. The van der Waals surface area contributed by atoms with Gasteiger partial charge in [0.1, 0.15) is 5.54 Å². The summed E-state index contributed by atoms with van der Waals surface area (Å²) in [4.78, 5) is 14.2. The third-order valence-electron chi connectivity index (χ3n) is 4.46. The maximum absolute atomic E-state index is 11.9. The fourth-order valence-corrected chi connectivity index (χ4v) is 3.80. The summed E-state index contributed by atoms with van der Waals surface area (Å²) in [7, 11) is 0. The molecule has 3 rings (SSSR count). The number of aliphatic carboxylic acids is 1. The van der Waals surface area contributed by atoms with Gasteiger partial charge in [-0.1, -0.05) is 11.6 Å². The summed E-state index contributed by atoms with van der Waals surface area (Å²) in [5, 5.41) is 13.7. The zero-order chi connectivity index (χ0) is 14.3. The molecule has 2 bridgehead atoms. The minimum absolute atomic E-state index is 0.156. The molecule has 2 heterocycles. The molecular formula is C14H16BrClN2O2. The van der Waals surface area contributed by atoms with E-state index in [4.69, 9.17) is 11.6 Å². The SMILES string of the molecule is O=C(O)C1(Nc2ccc(Cl)c(Br)c2)CCN2CCC1C2. The molecule has 0 amide bonds. The van der Waals surface area contributed by atoms with Crippen molar-refractivity contribution in [2.45, 2.75) is 18.4 Å². The van der Waals surface area contributed by atoms with E-state index in [1.165, 1.54) is 0 Å². The molecule has 0 radical (unpaired) electrons. The zero-order valence-corrected chi connectivity index (χ0v) is 13.2. The molecular weight excluding hydrogens is 344 g/mol. The lowest BCUT2D eigenvalue weighted by Gasteiger charge is -2.40. The number of rotatable bonds is 3. The van der Waals surface area contributed by atoms with Gasteiger partial charge in [-0.2, -0.15) is 0 Å². The lowest BCUT2D eigenvalue weighted by Crippen LogP contribution is -2.57. The molecule has 20 heavy (non-hydrogen) atoms. The fourth-order valence-electron chi connectivity index (χ4n) is 3.31. The molecule has 6 heteroatoms. The molecule has 0 saturated carbocycles. The summed E-state index contributed by atoms with van der Waals surface area (Å²) in [5.41, 5.74) is -0.0655. The Labute approximate surface area is 131 Å². The Morgan fingerprint density at radius 1 is 1.50 bits per heavy atom. The van der Waals surface area contributed by atoms with Gasteiger partial charge in [0.05, 0.1) is 5.02 Å². The average Bonchev–Trinajstić information content (AvgIpc) is 2.81. The van der Waals surface area contributed by atoms with Crippen LogP contribution in [-0.2, 0) is 4.79 Å². The fraction of sp³-hybridized carbons (Fsp3) is 0.500. The van der Waals surface area contributed by atoms with Crippen molar-refractivity contribution in [1.29, 1.82) is 0 Å². The number of hydrogen-bond acceptors (Lipinski definition) is 3. The number of carboxylic acids is 1. The van der Waals surface area contributed by atoms with E-state index in [9.17, 15) is 9.90 Å². The van der Waals surface area contributed by atoms with E-state index in [1.807, 2.05) is 12.1 Å². The van der Waals surface area contributed by atoms with Crippen LogP contribution in [0.3, 0.4) is 0 Å². The van der Waals surface area contributed by atoms with Gasteiger partial charge >= 0.3 is 5.97 Å². The van der Waals surface area contributed by atoms with Crippen LogP contribution in [0, 0.1) is 5.92 Å². The number of halogens is 2. The molecule has 4 nitrogen and oxygen atoms in total. The number of nitrogens with zero attached hydrogens (tertiary/aromatic N) is 1. The van der Waals surface area contributed by atoms with Crippen molar-refractivity contribution in [3.8, 4) is 0 Å². The molecule has 0 aromatic heterocycles. The highest BCUT2D eigenvalue weighted by Crippen LogP contribution is 2.39. The first-order chi connectivity index (χ1) is 9.51. The van der Waals surface area contributed by atoms with Crippen LogP contribution in [0.2, 0.25) is 5.02 Å². The van der Waals surface area contributed by atoms with Crippen LogP contribution in [0.15, 0.2) is 22.7 Å². The van der Waals surface area contributed by atoms with Gasteiger partial charge in [-0.3, -0.25) is 0 Å². The summed E-state index contributed by atoms with van der Waals surface area (Å²) in [6.45, 7) is 2.71. The van der Waals surface area contributed by atoms with Gasteiger partial charge in [0, 0.05) is 29.2 Å². The zero-order valence-electron chi connectivity index (χ0n) is 10.9. The van der Waals surface area contributed by atoms with E-state index in [2.05, 4.69) is 26.1 Å². The first-order valence-electron chi connectivity index (χ1n) is 6.70. The summed E-state index contributed by atoms with van der Waals surface area (Å²) >= 11 is 9.36. The lowest BCUT2D eigenvalue weighted by molar-refractivity contribution is -0.145. The number of carboxylic acid groups (broad SMARTS) is 1. The van der Waals surface area contributed by atoms with Crippen LogP contribution in [0.5, 0.6) is 0 Å². The molecule has 1 aromatic rings. The standard InChI is InChI=1S/C14H16BrClN2O2/c15-11-7-10(1-2-12(11)16)17-14(13(19)20)4-6-18-5-3-9(14)8-18/h1-2,7,9,17H,3-6,8H2,(H,19,20). The molecule has 0 spiro atoms. The summed E-state index contributed by atoms with van der Waals surface area (Å²) in [6, 6.07) is 5.45. The van der Waals surface area contributed by atoms with E-state index in [-0.39, 0.29) is 5.92 Å². The Morgan fingerprint density at radius 2 is 2.30 bits per heavy atom. The minimum atomic E-state index is -0.861. The maximum atomic E-state index is 11.9. The van der Waals surface area contributed by atoms with Gasteiger partial charge in [0.15, 0.2) is 0 Å². The van der Waals surface area contributed by atoms with Crippen molar-refractivity contribution in [3.63, 3.8) is 0 Å². The van der Waals surface area contributed by atoms with Gasteiger partial charge < -0.3 is 15.3 Å². The van der Waals surface area contributed by atoms with Crippen molar-refractivity contribution < 1.29 is 9.90 Å². The predicted molar refractivity (Wildman–Crippen MR) is 82.3 cm³/mol. The Kier molecular flexibility index (Phi) is 3.69. The number of hydrogen-bond donors (Lipinski definition) is 2. The van der Waals surface area contributed by atoms with Gasteiger partial charge in [0.25, 0.3) is 0 Å². The van der Waals surface area contributed by atoms with Gasteiger partial charge in [0.2, 0.25) is 0 Å². The van der Waals surface area contributed by atoms with E-state index < -0.39 is 11.5 Å². The highest BCUT2D eigenvalue weighted by atomic mass is 79.9. The molecule has 3 atom stereocenters. The third-order valence-corrected chi connectivity index (χ3v) is 5.67. The number of piperidine rings is 1. The van der Waals surface area contributed by atoms with E-state index in [1.54, 1.807) is 6.07 Å².